The summed E-state index contributed by atoms with van der Waals surface area (Å²) in [6, 6.07) is 0. The van der Waals surface area contributed by atoms with Crippen LogP contribution in [0, 0.1) is 5.92 Å². The van der Waals surface area contributed by atoms with Gasteiger partial charge in [-0.25, -0.2) is 0 Å². The molecule has 0 aliphatic carbocycles. The molecule has 1 saturated heterocycles. The van der Waals surface area contributed by atoms with Gasteiger partial charge in [0, 0.05) is 22.3 Å². The van der Waals surface area contributed by atoms with E-state index >= 15 is 0 Å². The Morgan fingerprint density at radius 1 is 1.36 bits per heavy atom. The summed E-state index contributed by atoms with van der Waals surface area (Å²) in [5, 5.41) is 0. The first-order chi connectivity index (χ1) is 5.33. The monoisotopic (exact) mass is 174 g/mol. The van der Waals surface area contributed by atoms with Gasteiger partial charge in [-0.1, -0.05) is 26.2 Å². The van der Waals surface area contributed by atoms with Crippen LogP contribution in [0.25, 0.3) is 0 Å². The Hall–Kier alpha value is 0.150. The third kappa shape index (κ3) is 3.37. The normalized spacial score (nSPS) is 32.1. The van der Waals surface area contributed by atoms with Crippen molar-refractivity contribution in [2.24, 2.45) is 5.92 Å². The molecule has 1 aliphatic rings. The SMILES string of the molecule is CCCCC1CCS(=O)CC1. The van der Waals surface area contributed by atoms with Crippen LogP contribution in [0.4, 0.5) is 0 Å². The Kier molecular flexibility index (Phi) is 4.13. The third-order valence-electron chi connectivity index (χ3n) is 2.47. The van der Waals surface area contributed by atoms with E-state index in [1.165, 1.54) is 32.1 Å². The van der Waals surface area contributed by atoms with E-state index in [2.05, 4.69) is 6.92 Å². The molecule has 1 nitrogen and oxygen atoms in total. The molecule has 0 aromatic carbocycles. The van der Waals surface area contributed by atoms with Crippen molar-refractivity contribution in [3.05, 3.63) is 0 Å². The van der Waals surface area contributed by atoms with Crippen molar-refractivity contribution in [2.45, 2.75) is 39.0 Å². The van der Waals surface area contributed by atoms with Crippen LogP contribution in [0.1, 0.15) is 39.0 Å². The fourth-order valence-corrected chi connectivity index (χ4v) is 3.02. The predicted molar refractivity (Wildman–Crippen MR) is 50.1 cm³/mol. The molecule has 0 amide bonds. The van der Waals surface area contributed by atoms with E-state index in [9.17, 15) is 4.21 Å². The maximum Gasteiger partial charge on any atom is 0.0237 e. The second kappa shape index (κ2) is 4.91. The lowest BCUT2D eigenvalue weighted by Gasteiger charge is -2.20. The summed E-state index contributed by atoms with van der Waals surface area (Å²) in [5.74, 6) is 2.83. The van der Waals surface area contributed by atoms with Crippen molar-refractivity contribution >= 4 is 10.8 Å². The van der Waals surface area contributed by atoms with Gasteiger partial charge in [0.1, 0.15) is 0 Å². The minimum atomic E-state index is -0.466. The van der Waals surface area contributed by atoms with Crippen LogP contribution in [0.2, 0.25) is 0 Å². The van der Waals surface area contributed by atoms with E-state index in [-0.39, 0.29) is 0 Å². The van der Waals surface area contributed by atoms with Gasteiger partial charge in [-0.3, -0.25) is 4.21 Å². The fourth-order valence-electron chi connectivity index (χ4n) is 1.62. The van der Waals surface area contributed by atoms with E-state index in [0.29, 0.717) is 0 Å². The molecule has 0 saturated carbocycles. The summed E-state index contributed by atoms with van der Waals surface area (Å²) in [6.45, 7) is 2.24. The molecule has 0 N–H and O–H groups in total. The van der Waals surface area contributed by atoms with Crippen LogP contribution in [0.3, 0.4) is 0 Å². The average molecular weight is 174 g/mol. The molecule has 0 spiro atoms. The summed E-state index contributed by atoms with van der Waals surface area (Å²) in [7, 11) is -0.466. The standard InChI is InChI=1S/C9H18OS/c1-2-3-4-9-5-7-11(10)8-6-9/h9H,2-8H2,1H3. The Labute approximate surface area is 72.0 Å². The predicted octanol–water partition coefficient (Wildman–Crippen LogP) is 2.34. The molecule has 1 heterocycles. The van der Waals surface area contributed by atoms with Crippen LogP contribution in [-0.4, -0.2) is 15.7 Å². The van der Waals surface area contributed by atoms with Gasteiger partial charge in [0.05, 0.1) is 0 Å². The second-order valence-corrected chi connectivity index (χ2v) is 5.13. The van der Waals surface area contributed by atoms with Gasteiger partial charge in [0.25, 0.3) is 0 Å². The molecule has 66 valence electrons. The summed E-state index contributed by atoms with van der Waals surface area (Å²) in [6.07, 6.45) is 6.46. The van der Waals surface area contributed by atoms with Gasteiger partial charge in [0.15, 0.2) is 0 Å². The zero-order chi connectivity index (χ0) is 8.10. The molecule has 0 atom stereocenters. The molecule has 1 aliphatic heterocycles. The first-order valence-electron chi connectivity index (χ1n) is 4.68. The highest BCUT2D eigenvalue weighted by Crippen LogP contribution is 2.21. The van der Waals surface area contributed by atoms with Crippen molar-refractivity contribution in [1.82, 2.24) is 0 Å². The van der Waals surface area contributed by atoms with Crippen molar-refractivity contribution in [1.29, 1.82) is 0 Å². The van der Waals surface area contributed by atoms with Crippen LogP contribution >= 0.6 is 0 Å². The van der Waals surface area contributed by atoms with Crippen molar-refractivity contribution in [2.75, 3.05) is 11.5 Å². The molecule has 0 aromatic rings. The van der Waals surface area contributed by atoms with Gasteiger partial charge in [0.2, 0.25) is 0 Å². The molecule has 0 bridgehead atoms. The lowest BCUT2D eigenvalue weighted by atomic mass is 9.96. The zero-order valence-corrected chi connectivity index (χ0v) is 8.16. The molecule has 11 heavy (non-hydrogen) atoms. The number of hydrogen-bond donors (Lipinski definition) is 0. The van der Waals surface area contributed by atoms with Gasteiger partial charge in [-0.05, 0) is 18.8 Å². The van der Waals surface area contributed by atoms with Gasteiger partial charge in [-0.2, -0.15) is 0 Å². The zero-order valence-electron chi connectivity index (χ0n) is 7.34. The summed E-state index contributed by atoms with van der Waals surface area (Å²) in [5.41, 5.74) is 0. The Balaban J connectivity index is 2.12. The van der Waals surface area contributed by atoms with Crippen LogP contribution in [0.15, 0.2) is 0 Å². The number of hydrogen-bond acceptors (Lipinski definition) is 1. The highest BCUT2D eigenvalue weighted by molar-refractivity contribution is 7.85. The molecular weight excluding hydrogens is 156 g/mol. The minimum absolute atomic E-state index is 0.466. The number of rotatable bonds is 3. The summed E-state index contributed by atoms with van der Waals surface area (Å²) in [4.78, 5) is 0. The minimum Gasteiger partial charge on any atom is -0.260 e. The lowest BCUT2D eigenvalue weighted by molar-refractivity contribution is 0.431. The van der Waals surface area contributed by atoms with E-state index in [1.54, 1.807) is 0 Å². The molecule has 0 unspecified atom stereocenters. The fraction of sp³-hybridized carbons (Fsp3) is 1.00. The highest BCUT2D eigenvalue weighted by Gasteiger charge is 2.16. The van der Waals surface area contributed by atoms with E-state index in [0.717, 1.165) is 17.4 Å². The molecular formula is C9H18OS. The molecule has 2 heteroatoms. The van der Waals surface area contributed by atoms with Crippen LogP contribution < -0.4 is 0 Å². The van der Waals surface area contributed by atoms with E-state index < -0.39 is 10.8 Å². The Morgan fingerprint density at radius 3 is 2.55 bits per heavy atom. The topological polar surface area (TPSA) is 17.1 Å². The van der Waals surface area contributed by atoms with Crippen LogP contribution in [0.5, 0.6) is 0 Å². The maximum atomic E-state index is 11.0. The second-order valence-electron chi connectivity index (χ2n) is 3.43. The largest absolute Gasteiger partial charge is 0.260 e. The molecule has 0 aromatic heterocycles. The highest BCUT2D eigenvalue weighted by atomic mass is 32.2. The Morgan fingerprint density at radius 2 is 2.00 bits per heavy atom. The lowest BCUT2D eigenvalue weighted by Crippen LogP contribution is -2.18. The van der Waals surface area contributed by atoms with E-state index in [4.69, 9.17) is 0 Å². The van der Waals surface area contributed by atoms with Gasteiger partial charge >= 0.3 is 0 Å². The molecule has 1 fully saturated rings. The van der Waals surface area contributed by atoms with Gasteiger partial charge in [-0.15, -0.1) is 0 Å². The quantitative estimate of drug-likeness (QED) is 0.642. The van der Waals surface area contributed by atoms with Crippen molar-refractivity contribution in [3.8, 4) is 0 Å². The van der Waals surface area contributed by atoms with Crippen molar-refractivity contribution in [3.63, 3.8) is 0 Å². The average Bonchev–Trinajstić information content (AvgIpc) is 2.04. The summed E-state index contributed by atoms with van der Waals surface area (Å²) < 4.78 is 11.0. The van der Waals surface area contributed by atoms with Gasteiger partial charge < -0.3 is 0 Å². The maximum absolute atomic E-state index is 11.0. The first kappa shape index (κ1) is 9.24. The molecule has 0 radical (unpaired) electrons. The smallest absolute Gasteiger partial charge is 0.0237 e. The van der Waals surface area contributed by atoms with Crippen LogP contribution in [-0.2, 0) is 10.8 Å². The van der Waals surface area contributed by atoms with Crippen molar-refractivity contribution < 1.29 is 4.21 Å². The molecule has 1 rings (SSSR count). The summed E-state index contributed by atoms with van der Waals surface area (Å²) >= 11 is 0. The third-order valence-corrected chi connectivity index (χ3v) is 3.86. The Bertz CT molecular complexity index is 124. The number of unbranched alkanes of at least 4 members (excludes halogenated alkanes) is 1. The first-order valence-corrected chi connectivity index (χ1v) is 6.16. The van der Waals surface area contributed by atoms with E-state index in [1.807, 2.05) is 0 Å².